The Labute approximate surface area is 110 Å². The maximum absolute atomic E-state index is 13.4. The zero-order chi connectivity index (χ0) is 13.9. The molecule has 0 atom stereocenters. The van der Waals surface area contributed by atoms with E-state index in [1.807, 2.05) is 0 Å². The Bertz CT molecular complexity index is 507. The molecule has 0 fully saturated rings. The molecule has 1 aromatic rings. The average Bonchev–Trinajstić information content (AvgIpc) is 2.21. The Morgan fingerprint density at radius 2 is 1.78 bits per heavy atom. The van der Waals surface area contributed by atoms with Crippen LogP contribution < -0.4 is 5.73 Å². The van der Waals surface area contributed by atoms with Gasteiger partial charge in [-0.3, -0.25) is 0 Å². The second kappa shape index (κ2) is 5.88. The summed E-state index contributed by atoms with van der Waals surface area (Å²) >= 11 is 0.842. The fraction of sp³-hybridized carbons (Fsp3) is 0.455. The second-order valence-electron chi connectivity index (χ2n) is 4.08. The standard InChI is InChI=1S/C11H15F2NO2S2/c1-7(2)18(15,16)4-3-17-11-9(12)5-8(14)6-10(11)13/h5-7H,3-4,14H2,1-2H3. The Morgan fingerprint density at radius 3 is 2.22 bits per heavy atom. The maximum atomic E-state index is 13.4. The van der Waals surface area contributed by atoms with E-state index >= 15 is 0 Å². The molecule has 0 heterocycles. The van der Waals surface area contributed by atoms with Crippen molar-refractivity contribution in [1.29, 1.82) is 0 Å². The molecule has 0 saturated carbocycles. The molecule has 3 nitrogen and oxygen atoms in total. The van der Waals surface area contributed by atoms with E-state index in [1.165, 1.54) is 0 Å². The summed E-state index contributed by atoms with van der Waals surface area (Å²) in [7, 11) is -3.19. The number of hydrogen-bond donors (Lipinski definition) is 1. The Hall–Kier alpha value is -0.820. The van der Waals surface area contributed by atoms with Gasteiger partial charge in [0.2, 0.25) is 0 Å². The summed E-state index contributed by atoms with van der Waals surface area (Å²) in [4.78, 5) is -0.192. The number of sulfone groups is 1. The molecule has 0 spiro atoms. The lowest BCUT2D eigenvalue weighted by Crippen LogP contribution is -2.19. The van der Waals surface area contributed by atoms with E-state index in [1.54, 1.807) is 13.8 Å². The van der Waals surface area contributed by atoms with Gasteiger partial charge < -0.3 is 5.73 Å². The summed E-state index contributed by atoms with van der Waals surface area (Å²) < 4.78 is 49.8. The zero-order valence-electron chi connectivity index (χ0n) is 10.1. The van der Waals surface area contributed by atoms with Crippen LogP contribution in [0.5, 0.6) is 0 Å². The van der Waals surface area contributed by atoms with Gasteiger partial charge in [-0.05, 0) is 26.0 Å². The SMILES string of the molecule is CC(C)S(=O)(=O)CCSc1c(F)cc(N)cc1F. The summed E-state index contributed by atoms with van der Waals surface area (Å²) in [6.07, 6.45) is 0. The number of halogens is 2. The van der Waals surface area contributed by atoms with Crippen molar-refractivity contribution in [1.82, 2.24) is 0 Å². The van der Waals surface area contributed by atoms with Gasteiger partial charge in [0.05, 0.1) is 15.9 Å². The second-order valence-corrected chi connectivity index (χ2v) is 7.86. The summed E-state index contributed by atoms with van der Waals surface area (Å²) in [6, 6.07) is 2.03. The summed E-state index contributed by atoms with van der Waals surface area (Å²) in [5.41, 5.74) is 5.28. The van der Waals surface area contributed by atoms with E-state index in [2.05, 4.69) is 0 Å². The van der Waals surface area contributed by atoms with Crippen LogP contribution >= 0.6 is 11.8 Å². The van der Waals surface area contributed by atoms with Gasteiger partial charge in [-0.2, -0.15) is 0 Å². The van der Waals surface area contributed by atoms with Crippen LogP contribution in [-0.4, -0.2) is 25.2 Å². The first-order chi connectivity index (χ1) is 8.24. The van der Waals surface area contributed by atoms with Crippen LogP contribution in [0.3, 0.4) is 0 Å². The minimum absolute atomic E-state index is 0.00384. The normalized spacial score (nSPS) is 12.1. The molecular formula is C11H15F2NO2S2. The van der Waals surface area contributed by atoms with Crippen LogP contribution in [0.4, 0.5) is 14.5 Å². The van der Waals surface area contributed by atoms with Gasteiger partial charge in [0.15, 0.2) is 9.84 Å². The van der Waals surface area contributed by atoms with Crippen molar-refractivity contribution >= 4 is 27.3 Å². The molecule has 18 heavy (non-hydrogen) atoms. The molecule has 0 bridgehead atoms. The minimum Gasteiger partial charge on any atom is -0.399 e. The van der Waals surface area contributed by atoms with Crippen molar-refractivity contribution in [3.8, 4) is 0 Å². The molecule has 1 aromatic carbocycles. The first-order valence-corrected chi connectivity index (χ1v) is 8.03. The van der Waals surface area contributed by atoms with Gasteiger partial charge in [-0.25, -0.2) is 17.2 Å². The van der Waals surface area contributed by atoms with Crippen molar-refractivity contribution in [2.75, 3.05) is 17.2 Å². The highest BCUT2D eigenvalue weighted by Gasteiger charge is 2.17. The summed E-state index contributed by atoms with van der Waals surface area (Å²) in [5, 5.41) is -0.487. The average molecular weight is 295 g/mol. The molecule has 0 aliphatic carbocycles. The molecule has 0 saturated heterocycles. The molecule has 0 amide bonds. The number of rotatable bonds is 5. The fourth-order valence-electron chi connectivity index (χ4n) is 1.21. The quantitative estimate of drug-likeness (QED) is 0.669. The van der Waals surface area contributed by atoms with Crippen molar-refractivity contribution < 1.29 is 17.2 Å². The Kier molecular flexibility index (Phi) is 4.98. The molecule has 0 aromatic heterocycles. The molecule has 7 heteroatoms. The third-order valence-electron chi connectivity index (χ3n) is 2.35. The van der Waals surface area contributed by atoms with Crippen LogP contribution in [0.25, 0.3) is 0 Å². The monoisotopic (exact) mass is 295 g/mol. The van der Waals surface area contributed by atoms with Crippen LogP contribution in [0, 0.1) is 11.6 Å². The predicted octanol–water partition coefficient (Wildman–Crippen LogP) is 2.46. The lowest BCUT2D eigenvalue weighted by atomic mass is 10.3. The first kappa shape index (κ1) is 15.2. The van der Waals surface area contributed by atoms with Gasteiger partial charge in [-0.15, -0.1) is 11.8 Å². The molecule has 0 aliphatic rings. The van der Waals surface area contributed by atoms with E-state index in [9.17, 15) is 17.2 Å². The summed E-state index contributed by atoms with van der Waals surface area (Å²) in [5.74, 6) is -1.53. The molecule has 2 N–H and O–H groups in total. The number of thioether (sulfide) groups is 1. The number of nitrogens with two attached hydrogens (primary N) is 1. The van der Waals surface area contributed by atoms with Gasteiger partial charge in [0, 0.05) is 11.4 Å². The first-order valence-electron chi connectivity index (χ1n) is 5.33. The van der Waals surface area contributed by atoms with E-state index in [0.717, 1.165) is 23.9 Å². The van der Waals surface area contributed by atoms with E-state index in [-0.39, 0.29) is 22.1 Å². The fourth-order valence-corrected chi connectivity index (χ4v) is 3.54. The van der Waals surface area contributed by atoms with Gasteiger partial charge in [0.25, 0.3) is 0 Å². The molecule has 0 unspecified atom stereocenters. The highest BCUT2D eigenvalue weighted by atomic mass is 32.2. The zero-order valence-corrected chi connectivity index (χ0v) is 11.7. The highest BCUT2D eigenvalue weighted by molar-refractivity contribution is 8.00. The lowest BCUT2D eigenvalue weighted by molar-refractivity contribution is 0.541. The summed E-state index contributed by atoms with van der Waals surface area (Å²) in [6.45, 7) is 3.15. The third-order valence-corrected chi connectivity index (χ3v) is 5.91. The molecule has 1 rings (SSSR count). The number of hydrogen-bond acceptors (Lipinski definition) is 4. The number of anilines is 1. The third kappa shape index (κ3) is 3.84. The highest BCUT2D eigenvalue weighted by Crippen LogP contribution is 2.27. The van der Waals surface area contributed by atoms with Gasteiger partial charge in [0.1, 0.15) is 11.6 Å². The van der Waals surface area contributed by atoms with Gasteiger partial charge >= 0.3 is 0 Å². The van der Waals surface area contributed by atoms with E-state index < -0.39 is 26.7 Å². The van der Waals surface area contributed by atoms with E-state index in [4.69, 9.17) is 5.73 Å². The largest absolute Gasteiger partial charge is 0.399 e. The molecule has 0 radical (unpaired) electrons. The van der Waals surface area contributed by atoms with Crippen LogP contribution in [0.1, 0.15) is 13.8 Å². The van der Waals surface area contributed by atoms with Crippen molar-refractivity contribution in [2.24, 2.45) is 0 Å². The van der Waals surface area contributed by atoms with Crippen LogP contribution in [-0.2, 0) is 9.84 Å². The van der Waals surface area contributed by atoms with Crippen molar-refractivity contribution in [3.63, 3.8) is 0 Å². The predicted molar refractivity (Wildman–Crippen MR) is 70.4 cm³/mol. The van der Waals surface area contributed by atoms with Crippen LogP contribution in [0.2, 0.25) is 0 Å². The number of nitrogen functional groups attached to an aromatic ring is 1. The Morgan fingerprint density at radius 1 is 1.28 bits per heavy atom. The smallest absolute Gasteiger partial charge is 0.153 e. The molecule has 102 valence electrons. The maximum Gasteiger partial charge on any atom is 0.153 e. The molecule has 0 aliphatic heterocycles. The van der Waals surface area contributed by atoms with Crippen molar-refractivity contribution in [2.45, 2.75) is 24.0 Å². The van der Waals surface area contributed by atoms with Crippen LogP contribution in [0.15, 0.2) is 17.0 Å². The lowest BCUT2D eigenvalue weighted by Gasteiger charge is -2.08. The Balaban J connectivity index is 2.71. The molecular weight excluding hydrogens is 280 g/mol. The topological polar surface area (TPSA) is 60.2 Å². The number of benzene rings is 1. The van der Waals surface area contributed by atoms with Crippen molar-refractivity contribution in [3.05, 3.63) is 23.8 Å². The minimum atomic E-state index is -3.19. The van der Waals surface area contributed by atoms with E-state index in [0.29, 0.717) is 0 Å². The van der Waals surface area contributed by atoms with Gasteiger partial charge in [-0.1, -0.05) is 0 Å².